The minimum absolute atomic E-state index is 0.122. The van der Waals surface area contributed by atoms with Gasteiger partial charge in [-0.1, -0.05) is 11.6 Å². The van der Waals surface area contributed by atoms with E-state index in [1.807, 2.05) is 20.8 Å². The predicted octanol–water partition coefficient (Wildman–Crippen LogP) is 2.52. The van der Waals surface area contributed by atoms with Crippen molar-refractivity contribution in [1.82, 2.24) is 14.9 Å². The summed E-state index contributed by atoms with van der Waals surface area (Å²) in [7, 11) is 0. The standard InChI is InChI=1S/C13H18ClN3O3/c1-13(2,3)20-12(18)17-5-4-10(8-17)19-11-15-6-9(14)7-16-11/h6-7,10H,4-5,8H2,1-3H3. The first-order chi connectivity index (χ1) is 9.33. The van der Waals surface area contributed by atoms with Gasteiger partial charge in [0, 0.05) is 13.0 Å². The van der Waals surface area contributed by atoms with Crippen molar-refractivity contribution in [1.29, 1.82) is 0 Å². The summed E-state index contributed by atoms with van der Waals surface area (Å²) in [4.78, 5) is 21.5. The van der Waals surface area contributed by atoms with Gasteiger partial charge in [-0.25, -0.2) is 14.8 Å². The molecule has 1 fully saturated rings. The fourth-order valence-electron chi connectivity index (χ4n) is 1.83. The van der Waals surface area contributed by atoms with E-state index in [1.54, 1.807) is 4.90 Å². The molecule has 1 amide bonds. The third-order valence-corrected chi connectivity index (χ3v) is 2.86. The summed E-state index contributed by atoms with van der Waals surface area (Å²) in [6, 6.07) is 0.269. The lowest BCUT2D eigenvalue weighted by Crippen LogP contribution is -2.36. The average molecular weight is 300 g/mol. The smallest absolute Gasteiger partial charge is 0.410 e. The molecule has 1 unspecified atom stereocenters. The molecule has 1 aliphatic rings. The van der Waals surface area contributed by atoms with Crippen LogP contribution in [0.25, 0.3) is 0 Å². The van der Waals surface area contributed by atoms with Gasteiger partial charge < -0.3 is 14.4 Å². The molecule has 1 aromatic heterocycles. The molecule has 0 saturated carbocycles. The van der Waals surface area contributed by atoms with Gasteiger partial charge in [-0.2, -0.15) is 0 Å². The van der Waals surface area contributed by atoms with E-state index in [4.69, 9.17) is 21.1 Å². The maximum absolute atomic E-state index is 11.9. The lowest BCUT2D eigenvalue weighted by molar-refractivity contribution is 0.0274. The van der Waals surface area contributed by atoms with Crippen molar-refractivity contribution in [3.05, 3.63) is 17.4 Å². The normalized spacial score (nSPS) is 19.0. The summed E-state index contributed by atoms with van der Waals surface area (Å²) in [5.41, 5.74) is -0.491. The molecule has 1 atom stereocenters. The first-order valence-corrected chi connectivity index (χ1v) is 6.83. The Morgan fingerprint density at radius 2 is 2.05 bits per heavy atom. The number of aromatic nitrogens is 2. The van der Waals surface area contributed by atoms with Crippen LogP contribution in [0.3, 0.4) is 0 Å². The summed E-state index contributed by atoms with van der Waals surface area (Å²) in [6.45, 7) is 6.61. The van der Waals surface area contributed by atoms with Crippen LogP contribution in [0.2, 0.25) is 5.02 Å². The molecule has 2 rings (SSSR count). The largest absolute Gasteiger partial charge is 0.458 e. The number of amides is 1. The van der Waals surface area contributed by atoms with E-state index in [9.17, 15) is 4.79 Å². The van der Waals surface area contributed by atoms with E-state index < -0.39 is 5.60 Å². The van der Waals surface area contributed by atoms with Crippen molar-refractivity contribution >= 4 is 17.7 Å². The molecule has 20 heavy (non-hydrogen) atoms. The number of halogens is 1. The molecule has 0 N–H and O–H groups in total. The van der Waals surface area contributed by atoms with Crippen LogP contribution in [-0.2, 0) is 4.74 Å². The van der Waals surface area contributed by atoms with E-state index in [-0.39, 0.29) is 18.2 Å². The van der Waals surface area contributed by atoms with Gasteiger partial charge in [-0.15, -0.1) is 0 Å². The van der Waals surface area contributed by atoms with Crippen LogP contribution >= 0.6 is 11.6 Å². The second-order valence-electron chi connectivity index (χ2n) is 5.64. The number of hydrogen-bond donors (Lipinski definition) is 0. The fourth-order valence-corrected chi connectivity index (χ4v) is 1.92. The van der Waals surface area contributed by atoms with Crippen LogP contribution in [0, 0.1) is 0 Å². The first kappa shape index (κ1) is 14.8. The fraction of sp³-hybridized carbons (Fsp3) is 0.615. The Hall–Kier alpha value is -1.56. The molecule has 110 valence electrons. The molecule has 1 saturated heterocycles. The van der Waals surface area contributed by atoms with Crippen molar-refractivity contribution in [3.63, 3.8) is 0 Å². The second kappa shape index (κ2) is 5.83. The topological polar surface area (TPSA) is 64.5 Å². The van der Waals surface area contributed by atoms with Crippen LogP contribution in [0.1, 0.15) is 27.2 Å². The number of carbonyl (C=O) groups excluding carboxylic acids is 1. The van der Waals surface area contributed by atoms with Gasteiger partial charge in [0.1, 0.15) is 11.7 Å². The minimum Gasteiger partial charge on any atom is -0.458 e. The van der Waals surface area contributed by atoms with Crippen LogP contribution in [0.15, 0.2) is 12.4 Å². The Morgan fingerprint density at radius 3 is 2.65 bits per heavy atom. The minimum atomic E-state index is -0.491. The van der Waals surface area contributed by atoms with E-state index in [0.717, 1.165) is 6.42 Å². The molecule has 0 aromatic carbocycles. The Labute approximate surface area is 123 Å². The molecule has 0 radical (unpaired) electrons. The zero-order valence-corrected chi connectivity index (χ0v) is 12.6. The maximum atomic E-state index is 11.9. The van der Waals surface area contributed by atoms with Crippen molar-refractivity contribution in [2.75, 3.05) is 13.1 Å². The number of hydrogen-bond acceptors (Lipinski definition) is 5. The van der Waals surface area contributed by atoms with Crippen molar-refractivity contribution in [3.8, 4) is 6.01 Å². The quantitative estimate of drug-likeness (QED) is 0.839. The second-order valence-corrected chi connectivity index (χ2v) is 6.08. The van der Waals surface area contributed by atoms with Gasteiger partial charge in [0.15, 0.2) is 0 Å². The lowest BCUT2D eigenvalue weighted by atomic mass is 10.2. The van der Waals surface area contributed by atoms with Gasteiger partial charge in [-0.3, -0.25) is 0 Å². The maximum Gasteiger partial charge on any atom is 0.410 e. The van der Waals surface area contributed by atoms with Gasteiger partial charge in [-0.05, 0) is 20.8 Å². The average Bonchev–Trinajstić information content (AvgIpc) is 2.79. The molecular weight excluding hydrogens is 282 g/mol. The van der Waals surface area contributed by atoms with Crippen LogP contribution in [-0.4, -0.2) is 45.8 Å². The molecule has 7 heteroatoms. The molecule has 2 heterocycles. The first-order valence-electron chi connectivity index (χ1n) is 6.45. The molecular formula is C13H18ClN3O3. The van der Waals surface area contributed by atoms with Crippen molar-refractivity contribution in [2.45, 2.75) is 38.9 Å². The van der Waals surface area contributed by atoms with E-state index >= 15 is 0 Å². The zero-order valence-electron chi connectivity index (χ0n) is 11.8. The van der Waals surface area contributed by atoms with Gasteiger partial charge >= 0.3 is 12.1 Å². The number of rotatable bonds is 2. The molecule has 1 aliphatic heterocycles. The lowest BCUT2D eigenvalue weighted by Gasteiger charge is -2.24. The Balaban J connectivity index is 1.86. The highest BCUT2D eigenvalue weighted by Crippen LogP contribution is 2.18. The molecule has 1 aromatic rings. The number of ether oxygens (including phenoxy) is 2. The summed E-state index contributed by atoms with van der Waals surface area (Å²) >= 11 is 5.70. The highest BCUT2D eigenvalue weighted by Gasteiger charge is 2.31. The summed E-state index contributed by atoms with van der Waals surface area (Å²) in [5.74, 6) is 0. The SMILES string of the molecule is CC(C)(C)OC(=O)N1CCC(Oc2ncc(Cl)cn2)C1. The monoisotopic (exact) mass is 299 g/mol. The Kier molecular flexibility index (Phi) is 4.32. The van der Waals surface area contributed by atoms with Crippen LogP contribution in [0.5, 0.6) is 6.01 Å². The third kappa shape index (κ3) is 4.23. The van der Waals surface area contributed by atoms with E-state index in [0.29, 0.717) is 18.1 Å². The number of nitrogens with zero attached hydrogens (tertiary/aromatic N) is 3. The summed E-state index contributed by atoms with van der Waals surface area (Å²) < 4.78 is 10.9. The Morgan fingerprint density at radius 1 is 1.40 bits per heavy atom. The molecule has 0 bridgehead atoms. The van der Waals surface area contributed by atoms with Gasteiger partial charge in [0.2, 0.25) is 0 Å². The van der Waals surface area contributed by atoms with Gasteiger partial charge in [0.05, 0.1) is 24.0 Å². The predicted molar refractivity (Wildman–Crippen MR) is 73.9 cm³/mol. The third-order valence-electron chi connectivity index (χ3n) is 2.67. The molecule has 0 spiro atoms. The van der Waals surface area contributed by atoms with Crippen LogP contribution < -0.4 is 4.74 Å². The summed E-state index contributed by atoms with van der Waals surface area (Å²) in [6.07, 6.45) is 3.24. The van der Waals surface area contributed by atoms with Crippen molar-refractivity contribution < 1.29 is 14.3 Å². The van der Waals surface area contributed by atoms with E-state index in [1.165, 1.54) is 12.4 Å². The molecule has 0 aliphatic carbocycles. The summed E-state index contributed by atoms with van der Waals surface area (Å²) in [5, 5.41) is 0.458. The molecule has 6 nitrogen and oxygen atoms in total. The highest BCUT2D eigenvalue weighted by molar-refractivity contribution is 6.30. The van der Waals surface area contributed by atoms with Gasteiger partial charge in [0.25, 0.3) is 0 Å². The van der Waals surface area contributed by atoms with Crippen LogP contribution in [0.4, 0.5) is 4.79 Å². The Bertz CT molecular complexity index is 473. The van der Waals surface area contributed by atoms with E-state index in [2.05, 4.69) is 9.97 Å². The highest BCUT2D eigenvalue weighted by atomic mass is 35.5. The number of likely N-dealkylation sites (tertiary alicyclic amines) is 1. The van der Waals surface area contributed by atoms with Crippen molar-refractivity contribution in [2.24, 2.45) is 0 Å². The zero-order chi connectivity index (χ0) is 14.8. The number of carbonyl (C=O) groups is 1.